The zero-order chi connectivity index (χ0) is 6.27. The summed E-state index contributed by atoms with van der Waals surface area (Å²) in [6.07, 6.45) is 6.10. The predicted molar refractivity (Wildman–Crippen MR) is 35.1 cm³/mol. The Kier molecular flexibility index (Phi) is 1.11. The van der Waals surface area contributed by atoms with E-state index >= 15 is 0 Å². The smallest absolute Gasteiger partial charge is 0.136 e. The van der Waals surface area contributed by atoms with E-state index in [0.29, 0.717) is 11.7 Å². The van der Waals surface area contributed by atoms with Crippen LogP contribution in [0.15, 0.2) is 0 Å². The first-order valence-electron chi connectivity index (χ1n) is 3.90. The van der Waals surface area contributed by atoms with E-state index < -0.39 is 0 Å². The average Bonchev–Trinajstić information content (AvgIpc) is 1.86. The lowest BCUT2D eigenvalue weighted by atomic mass is 9.65. The lowest BCUT2D eigenvalue weighted by Gasteiger charge is -2.38. The molecule has 50 valence electrons. The molecule has 2 saturated carbocycles. The highest BCUT2D eigenvalue weighted by Gasteiger charge is 2.40. The van der Waals surface area contributed by atoms with Gasteiger partial charge < -0.3 is 0 Å². The van der Waals surface area contributed by atoms with Gasteiger partial charge in [0.1, 0.15) is 5.78 Å². The second-order valence-corrected chi connectivity index (χ2v) is 3.32. The molecule has 0 unspecified atom stereocenters. The molecule has 9 heavy (non-hydrogen) atoms. The zero-order valence-electron chi connectivity index (χ0n) is 5.60. The number of ketones is 1. The minimum absolute atomic E-state index is 0.513. The lowest BCUT2D eigenvalue weighted by Crippen LogP contribution is -2.39. The SMILES string of the molecule is O=C1C[C@H]2CCCC[C@@H]12. The highest BCUT2D eigenvalue weighted by atomic mass is 16.1. The van der Waals surface area contributed by atoms with Gasteiger partial charge in [-0.15, -0.1) is 0 Å². The van der Waals surface area contributed by atoms with E-state index in [-0.39, 0.29) is 0 Å². The maximum Gasteiger partial charge on any atom is 0.136 e. The third kappa shape index (κ3) is 0.707. The van der Waals surface area contributed by atoms with Crippen molar-refractivity contribution in [2.75, 3.05) is 0 Å². The van der Waals surface area contributed by atoms with Gasteiger partial charge >= 0.3 is 0 Å². The third-order valence-corrected chi connectivity index (χ3v) is 2.79. The quantitative estimate of drug-likeness (QED) is 0.481. The molecular formula is C8H12O. The Morgan fingerprint density at radius 3 is 2.56 bits per heavy atom. The standard InChI is InChI=1S/C8H12O/c9-8-5-6-3-1-2-4-7(6)8/h6-7H,1-5H2/t6-,7-/m1/s1. The van der Waals surface area contributed by atoms with Crippen molar-refractivity contribution in [1.82, 2.24) is 0 Å². The van der Waals surface area contributed by atoms with Gasteiger partial charge in [-0.05, 0) is 18.8 Å². The van der Waals surface area contributed by atoms with Gasteiger partial charge in [0.2, 0.25) is 0 Å². The molecule has 0 aliphatic heterocycles. The highest BCUT2D eigenvalue weighted by Crippen LogP contribution is 2.41. The molecule has 0 heterocycles. The molecule has 1 heteroatoms. The Hall–Kier alpha value is -0.330. The van der Waals surface area contributed by atoms with Gasteiger partial charge in [-0.25, -0.2) is 0 Å². The maximum absolute atomic E-state index is 10.9. The third-order valence-electron chi connectivity index (χ3n) is 2.79. The average molecular weight is 124 g/mol. The van der Waals surface area contributed by atoms with Crippen LogP contribution in [0.25, 0.3) is 0 Å². The summed E-state index contributed by atoms with van der Waals surface area (Å²) in [6, 6.07) is 0. The van der Waals surface area contributed by atoms with Crippen molar-refractivity contribution in [3.05, 3.63) is 0 Å². The number of Topliss-reactive ketones (excluding diaryl/α,β-unsaturated/α-hetero) is 1. The highest BCUT2D eigenvalue weighted by molar-refractivity contribution is 5.87. The summed E-state index contributed by atoms with van der Waals surface area (Å²) in [5.74, 6) is 1.87. The molecule has 0 aromatic carbocycles. The van der Waals surface area contributed by atoms with Crippen LogP contribution in [0.3, 0.4) is 0 Å². The molecule has 0 aromatic rings. The normalized spacial score (nSPS) is 41.6. The summed E-state index contributed by atoms with van der Waals surface area (Å²) >= 11 is 0. The van der Waals surface area contributed by atoms with Gasteiger partial charge in [-0.3, -0.25) is 4.79 Å². The van der Waals surface area contributed by atoms with Gasteiger partial charge in [0.25, 0.3) is 0 Å². The summed E-state index contributed by atoms with van der Waals surface area (Å²) in [7, 11) is 0. The monoisotopic (exact) mass is 124 g/mol. The van der Waals surface area contributed by atoms with Crippen molar-refractivity contribution < 1.29 is 4.79 Å². The Bertz CT molecular complexity index is 140. The van der Waals surface area contributed by atoms with Crippen LogP contribution in [0.2, 0.25) is 0 Å². The Balaban J connectivity index is 2.01. The minimum atomic E-state index is 0.513. The maximum atomic E-state index is 10.9. The van der Waals surface area contributed by atoms with E-state index in [4.69, 9.17) is 0 Å². The van der Waals surface area contributed by atoms with E-state index in [2.05, 4.69) is 0 Å². The number of rotatable bonds is 0. The molecule has 2 aliphatic carbocycles. The van der Waals surface area contributed by atoms with Crippen LogP contribution < -0.4 is 0 Å². The van der Waals surface area contributed by atoms with Crippen LogP contribution in [-0.4, -0.2) is 5.78 Å². The van der Waals surface area contributed by atoms with Crippen LogP contribution >= 0.6 is 0 Å². The molecule has 0 bridgehead atoms. The van der Waals surface area contributed by atoms with Crippen molar-refractivity contribution >= 4 is 5.78 Å². The van der Waals surface area contributed by atoms with Crippen LogP contribution in [0, 0.1) is 11.8 Å². The van der Waals surface area contributed by atoms with Gasteiger partial charge in [0.15, 0.2) is 0 Å². The molecule has 0 amide bonds. The first-order valence-corrected chi connectivity index (χ1v) is 3.90. The van der Waals surface area contributed by atoms with E-state index in [1.165, 1.54) is 25.7 Å². The van der Waals surface area contributed by atoms with Crippen molar-refractivity contribution in [3.8, 4) is 0 Å². The number of hydrogen-bond donors (Lipinski definition) is 0. The van der Waals surface area contributed by atoms with Crippen LogP contribution in [0.1, 0.15) is 32.1 Å². The molecule has 1 nitrogen and oxygen atoms in total. The van der Waals surface area contributed by atoms with Gasteiger partial charge in [-0.1, -0.05) is 12.8 Å². The molecule has 0 saturated heterocycles. The van der Waals surface area contributed by atoms with Crippen molar-refractivity contribution in [1.29, 1.82) is 0 Å². The van der Waals surface area contributed by atoms with Crippen LogP contribution in [0.4, 0.5) is 0 Å². The van der Waals surface area contributed by atoms with Crippen molar-refractivity contribution in [3.63, 3.8) is 0 Å². The van der Waals surface area contributed by atoms with E-state index in [1.807, 2.05) is 0 Å². The molecular weight excluding hydrogens is 112 g/mol. The largest absolute Gasteiger partial charge is 0.299 e. The van der Waals surface area contributed by atoms with E-state index in [1.54, 1.807) is 0 Å². The molecule has 0 N–H and O–H groups in total. The predicted octanol–water partition coefficient (Wildman–Crippen LogP) is 1.77. The minimum Gasteiger partial charge on any atom is -0.299 e. The summed E-state index contributed by atoms with van der Waals surface area (Å²) in [4.78, 5) is 10.9. The Morgan fingerprint density at radius 2 is 2.00 bits per heavy atom. The van der Waals surface area contributed by atoms with Crippen LogP contribution in [0.5, 0.6) is 0 Å². The van der Waals surface area contributed by atoms with Gasteiger partial charge in [-0.2, -0.15) is 0 Å². The van der Waals surface area contributed by atoms with Gasteiger partial charge in [0.05, 0.1) is 0 Å². The molecule has 0 aromatic heterocycles. The molecule has 2 aliphatic rings. The number of carbonyl (C=O) groups excluding carboxylic acids is 1. The summed E-state index contributed by atoms with van der Waals surface area (Å²) in [5, 5.41) is 0. The lowest BCUT2D eigenvalue weighted by molar-refractivity contribution is -0.136. The molecule has 0 radical (unpaired) electrons. The van der Waals surface area contributed by atoms with Crippen LogP contribution in [-0.2, 0) is 4.79 Å². The first kappa shape index (κ1) is 5.45. The Morgan fingerprint density at radius 1 is 1.22 bits per heavy atom. The van der Waals surface area contributed by atoms with Crippen molar-refractivity contribution in [2.45, 2.75) is 32.1 Å². The molecule has 2 fully saturated rings. The zero-order valence-corrected chi connectivity index (χ0v) is 5.60. The topological polar surface area (TPSA) is 17.1 Å². The fourth-order valence-corrected chi connectivity index (χ4v) is 2.13. The summed E-state index contributed by atoms with van der Waals surface area (Å²) < 4.78 is 0. The summed E-state index contributed by atoms with van der Waals surface area (Å²) in [6.45, 7) is 0. The van der Waals surface area contributed by atoms with Gasteiger partial charge in [0, 0.05) is 12.3 Å². The summed E-state index contributed by atoms with van der Waals surface area (Å²) in [5.41, 5.74) is 0. The Labute approximate surface area is 55.4 Å². The van der Waals surface area contributed by atoms with Crippen molar-refractivity contribution in [2.24, 2.45) is 11.8 Å². The second-order valence-electron chi connectivity index (χ2n) is 3.32. The van der Waals surface area contributed by atoms with E-state index in [0.717, 1.165) is 12.3 Å². The second kappa shape index (κ2) is 1.83. The molecule has 2 rings (SSSR count). The first-order chi connectivity index (χ1) is 4.38. The molecule has 2 atom stereocenters. The number of fused-ring (bicyclic) bond motifs is 1. The fourth-order valence-electron chi connectivity index (χ4n) is 2.13. The number of hydrogen-bond acceptors (Lipinski definition) is 1. The fraction of sp³-hybridized carbons (Fsp3) is 0.875. The van der Waals surface area contributed by atoms with E-state index in [9.17, 15) is 4.79 Å². The number of carbonyl (C=O) groups is 1. The molecule has 0 spiro atoms.